The molecule has 3 aliphatic rings. The standard InChI is InChI=1S/C21H26FN5O/c1-3-18-20(22)21(25-13-24-18)26-10-16-8-17(11-26)27(16)12-19(28)23-9-15-6-4-14(2)5-7-15/h4-7,13,16-17H,3,8-12H2,1-2H3,(H,23,28). The quantitative estimate of drug-likeness (QED) is 0.828. The van der Waals surface area contributed by atoms with E-state index in [-0.39, 0.29) is 23.8 Å². The van der Waals surface area contributed by atoms with Gasteiger partial charge in [0.05, 0.1) is 12.2 Å². The number of carbonyl (C=O) groups excluding carboxylic acids is 1. The molecule has 2 atom stereocenters. The number of hydrogen-bond acceptors (Lipinski definition) is 5. The number of nitrogens with zero attached hydrogens (tertiary/aromatic N) is 4. The van der Waals surface area contributed by atoms with Gasteiger partial charge in [0, 0.05) is 31.7 Å². The van der Waals surface area contributed by atoms with Crippen molar-refractivity contribution in [2.75, 3.05) is 24.5 Å². The first kappa shape index (κ1) is 18.8. The molecule has 28 heavy (non-hydrogen) atoms. The number of anilines is 1. The van der Waals surface area contributed by atoms with Crippen LogP contribution in [-0.2, 0) is 17.8 Å². The molecule has 5 rings (SSSR count). The number of halogens is 1. The van der Waals surface area contributed by atoms with Crippen LogP contribution in [0.2, 0.25) is 0 Å². The van der Waals surface area contributed by atoms with E-state index in [0.29, 0.717) is 44.1 Å². The van der Waals surface area contributed by atoms with Gasteiger partial charge < -0.3 is 10.2 Å². The fraction of sp³-hybridized carbons (Fsp3) is 0.476. The van der Waals surface area contributed by atoms with Gasteiger partial charge in [0.25, 0.3) is 0 Å². The van der Waals surface area contributed by atoms with E-state index >= 15 is 0 Å². The summed E-state index contributed by atoms with van der Waals surface area (Å²) < 4.78 is 14.5. The summed E-state index contributed by atoms with van der Waals surface area (Å²) in [6, 6.07) is 8.70. The molecule has 3 fully saturated rings. The summed E-state index contributed by atoms with van der Waals surface area (Å²) in [7, 11) is 0. The summed E-state index contributed by atoms with van der Waals surface area (Å²) in [5.74, 6) is 0.115. The summed E-state index contributed by atoms with van der Waals surface area (Å²) in [6.45, 7) is 6.25. The highest BCUT2D eigenvalue weighted by molar-refractivity contribution is 5.78. The molecule has 1 amide bonds. The van der Waals surface area contributed by atoms with Crippen molar-refractivity contribution >= 4 is 11.7 Å². The van der Waals surface area contributed by atoms with E-state index in [1.807, 2.05) is 43.0 Å². The summed E-state index contributed by atoms with van der Waals surface area (Å²) in [5.41, 5.74) is 2.76. The first-order valence-electron chi connectivity index (χ1n) is 9.87. The Morgan fingerprint density at radius 3 is 2.61 bits per heavy atom. The summed E-state index contributed by atoms with van der Waals surface area (Å²) >= 11 is 0. The van der Waals surface area contributed by atoms with Crippen molar-refractivity contribution in [3.8, 4) is 0 Å². The highest BCUT2D eigenvalue weighted by Crippen LogP contribution is 2.34. The molecule has 0 aliphatic carbocycles. The van der Waals surface area contributed by atoms with E-state index in [2.05, 4.69) is 20.2 Å². The molecule has 2 aromatic rings. The number of nitrogens with one attached hydrogen (secondary N) is 1. The minimum atomic E-state index is -0.311. The van der Waals surface area contributed by atoms with Crippen molar-refractivity contribution in [1.82, 2.24) is 20.2 Å². The minimum Gasteiger partial charge on any atom is -0.351 e. The van der Waals surface area contributed by atoms with E-state index in [0.717, 1.165) is 12.0 Å². The zero-order valence-corrected chi connectivity index (χ0v) is 16.4. The smallest absolute Gasteiger partial charge is 0.234 e. The Morgan fingerprint density at radius 2 is 1.93 bits per heavy atom. The molecule has 3 aliphatic heterocycles. The van der Waals surface area contributed by atoms with Gasteiger partial charge in [0.15, 0.2) is 11.6 Å². The molecule has 1 N–H and O–H groups in total. The average molecular weight is 383 g/mol. The third-order valence-corrected chi connectivity index (χ3v) is 5.76. The normalized spacial score (nSPS) is 21.3. The van der Waals surface area contributed by atoms with E-state index in [4.69, 9.17) is 0 Å². The molecule has 7 heteroatoms. The van der Waals surface area contributed by atoms with E-state index in [1.165, 1.54) is 11.9 Å². The molecule has 2 unspecified atom stereocenters. The van der Waals surface area contributed by atoms with Crippen molar-refractivity contribution in [3.05, 3.63) is 53.2 Å². The molecule has 3 saturated heterocycles. The largest absolute Gasteiger partial charge is 0.351 e. The monoisotopic (exact) mass is 383 g/mol. The van der Waals surface area contributed by atoms with Crippen molar-refractivity contribution < 1.29 is 9.18 Å². The van der Waals surface area contributed by atoms with Gasteiger partial charge in [-0.15, -0.1) is 0 Å². The fourth-order valence-electron chi connectivity index (χ4n) is 4.11. The van der Waals surface area contributed by atoms with Crippen LogP contribution in [-0.4, -0.2) is 52.5 Å². The molecule has 1 aromatic carbocycles. The van der Waals surface area contributed by atoms with Gasteiger partial charge in [-0.3, -0.25) is 9.69 Å². The lowest BCUT2D eigenvalue weighted by Crippen LogP contribution is -2.70. The van der Waals surface area contributed by atoms with Crippen LogP contribution in [0.4, 0.5) is 10.2 Å². The molecule has 0 radical (unpaired) electrons. The van der Waals surface area contributed by atoms with E-state index < -0.39 is 0 Å². The number of amides is 1. The van der Waals surface area contributed by atoms with Gasteiger partial charge in [0.2, 0.25) is 5.91 Å². The molecule has 2 bridgehead atoms. The molecule has 4 heterocycles. The lowest BCUT2D eigenvalue weighted by molar-refractivity contribution is -0.127. The summed E-state index contributed by atoms with van der Waals surface area (Å²) in [5, 5.41) is 3.00. The van der Waals surface area contributed by atoms with Crippen LogP contribution in [0.1, 0.15) is 30.2 Å². The van der Waals surface area contributed by atoms with Gasteiger partial charge in [0.1, 0.15) is 6.33 Å². The van der Waals surface area contributed by atoms with Crippen molar-refractivity contribution in [2.24, 2.45) is 0 Å². The highest BCUT2D eigenvalue weighted by Gasteiger charge is 2.46. The maximum Gasteiger partial charge on any atom is 0.234 e. The van der Waals surface area contributed by atoms with Crippen molar-refractivity contribution in [3.63, 3.8) is 0 Å². The van der Waals surface area contributed by atoms with Gasteiger partial charge in [-0.05, 0) is 25.3 Å². The van der Waals surface area contributed by atoms with Crippen LogP contribution >= 0.6 is 0 Å². The summed E-state index contributed by atoms with van der Waals surface area (Å²) in [6.07, 6.45) is 3.04. The molecular weight excluding hydrogens is 357 g/mol. The minimum absolute atomic E-state index is 0.0326. The van der Waals surface area contributed by atoms with Crippen LogP contribution in [0, 0.1) is 12.7 Å². The predicted octanol–water partition coefficient (Wildman–Crippen LogP) is 2.07. The fourth-order valence-corrected chi connectivity index (χ4v) is 4.11. The van der Waals surface area contributed by atoms with E-state index in [9.17, 15) is 9.18 Å². The second-order valence-corrected chi connectivity index (χ2v) is 7.69. The Bertz CT molecular complexity index is 844. The SMILES string of the molecule is CCc1ncnc(N2CC3CC(C2)N3CC(=O)NCc2ccc(C)cc2)c1F. The number of aryl methyl sites for hydroxylation is 2. The van der Waals surface area contributed by atoms with Crippen LogP contribution in [0.5, 0.6) is 0 Å². The Morgan fingerprint density at radius 1 is 1.21 bits per heavy atom. The Labute approximate surface area is 164 Å². The van der Waals surface area contributed by atoms with Gasteiger partial charge >= 0.3 is 0 Å². The van der Waals surface area contributed by atoms with Crippen LogP contribution in [0.3, 0.4) is 0 Å². The number of rotatable bonds is 6. The third kappa shape index (κ3) is 3.71. The van der Waals surface area contributed by atoms with E-state index in [1.54, 1.807) is 0 Å². The first-order valence-corrected chi connectivity index (χ1v) is 9.87. The maximum absolute atomic E-state index is 14.5. The number of piperazine rings is 1. The number of benzene rings is 1. The topological polar surface area (TPSA) is 61.4 Å². The Kier molecular flexibility index (Phi) is 5.26. The predicted molar refractivity (Wildman–Crippen MR) is 106 cm³/mol. The zero-order chi connectivity index (χ0) is 19.7. The van der Waals surface area contributed by atoms with Gasteiger partial charge in [-0.25, -0.2) is 14.4 Å². The molecule has 148 valence electrons. The first-order chi connectivity index (χ1) is 13.5. The number of carbonyl (C=O) groups is 1. The lowest BCUT2D eigenvalue weighted by Gasteiger charge is -2.56. The molecule has 1 aromatic heterocycles. The average Bonchev–Trinajstić information content (AvgIpc) is 2.71. The van der Waals surface area contributed by atoms with Gasteiger partial charge in [-0.2, -0.15) is 0 Å². The van der Waals surface area contributed by atoms with Crippen LogP contribution < -0.4 is 10.2 Å². The number of piperidine rings is 1. The number of aromatic nitrogens is 2. The Balaban J connectivity index is 1.31. The van der Waals surface area contributed by atoms with Crippen LogP contribution in [0.15, 0.2) is 30.6 Å². The summed E-state index contributed by atoms with van der Waals surface area (Å²) in [4.78, 5) is 24.8. The number of hydrogen-bond donors (Lipinski definition) is 1. The second-order valence-electron chi connectivity index (χ2n) is 7.69. The zero-order valence-electron chi connectivity index (χ0n) is 16.4. The van der Waals surface area contributed by atoms with Crippen LogP contribution in [0.25, 0.3) is 0 Å². The highest BCUT2D eigenvalue weighted by atomic mass is 19.1. The Hall–Kier alpha value is -2.54. The molecule has 6 nitrogen and oxygen atoms in total. The molecular formula is C21H26FN5O. The maximum atomic E-state index is 14.5. The second kappa shape index (κ2) is 7.83. The number of fused-ring (bicyclic) bond motifs is 2. The molecule has 0 spiro atoms. The van der Waals surface area contributed by atoms with Gasteiger partial charge in [-0.1, -0.05) is 36.8 Å². The third-order valence-electron chi connectivity index (χ3n) is 5.76. The van der Waals surface area contributed by atoms with Crippen molar-refractivity contribution in [1.29, 1.82) is 0 Å². The molecule has 0 saturated carbocycles. The lowest BCUT2D eigenvalue weighted by atomic mass is 9.87. The van der Waals surface area contributed by atoms with Crippen molar-refractivity contribution in [2.45, 2.75) is 45.3 Å².